The zero-order valence-corrected chi connectivity index (χ0v) is 11.9. The van der Waals surface area contributed by atoms with Gasteiger partial charge in [0, 0.05) is 23.8 Å². The Kier molecular flexibility index (Phi) is 4.24. The molecule has 0 aliphatic heterocycles. The van der Waals surface area contributed by atoms with Crippen molar-refractivity contribution in [3.8, 4) is 0 Å². The molecule has 106 valence electrons. The van der Waals surface area contributed by atoms with Crippen LogP contribution in [0.15, 0.2) is 67.0 Å². The van der Waals surface area contributed by atoms with Crippen LogP contribution in [0, 0.1) is 0 Å². The van der Waals surface area contributed by atoms with Crippen molar-refractivity contribution in [2.45, 2.75) is 18.9 Å². The molecule has 1 heterocycles. The third kappa shape index (κ3) is 3.10. The first-order valence-corrected chi connectivity index (χ1v) is 7.21. The smallest absolute Gasteiger partial charge is 0.0469 e. The Labute approximate surface area is 124 Å². The summed E-state index contributed by atoms with van der Waals surface area (Å²) in [5.74, 6) is 5.79. The average Bonchev–Trinajstić information content (AvgIpc) is 2.56. The van der Waals surface area contributed by atoms with E-state index in [1.807, 2.05) is 24.5 Å². The van der Waals surface area contributed by atoms with E-state index in [-0.39, 0.29) is 6.04 Å². The molecule has 1 unspecified atom stereocenters. The molecule has 0 saturated carbocycles. The number of fused-ring (bicyclic) bond motifs is 1. The maximum absolute atomic E-state index is 5.79. The van der Waals surface area contributed by atoms with Crippen LogP contribution in [0.4, 0.5) is 0 Å². The Morgan fingerprint density at radius 2 is 1.86 bits per heavy atom. The molecule has 0 fully saturated rings. The molecule has 0 aliphatic carbocycles. The predicted molar refractivity (Wildman–Crippen MR) is 86.6 cm³/mol. The lowest BCUT2D eigenvalue weighted by atomic mass is 9.95. The lowest BCUT2D eigenvalue weighted by Crippen LogP contribution is -2.28. The van der Waals surface area contributed by atoms with E-state index in [2.05, 4.69) is 52.9 Å². The molecule has 0 saturated heterocycles. The molecule has 3 nitrogen and oxygen atoms in total. The van der Waals surface area contributed by atoms with Crippen molar-refractivity contribution in [2.24, 2.45) is 5.84 Å². The van der Waals surface area contributed by atoms with E-state index in [9.17, 15) is 0 Å². The Morgan fingerprint density at radius 3 is 2.67 bits per heavy atom. The van der Waals surface area contributed by atoms with Crippen LogP contribution in [-0.2, 0) is 6.42 Å². The summed E-state index contributed by atoms with van der Waals surface area (Å²) < 4.78 is 0. The molecular weight excluding hydrogens is 258 g/mol. The van der Waals surface area contributed by atoms with Crippen LogP contribution in [-0.4, -0.2) is 4.98 Å². The molecule has 0 aliphatic rings. The Hall–Kier alpha value is -2.23. The number of aromatic nitrogens is 1. The second kappa shape index (κ2) is 6.48. The van der Waals surface area contributed by atoms with E-state index < -0.39 is 0 Å². The third-order valence-electron chi connectivity index (χ3n) is 3.86. The number of hydrogen-bond acceptors (Lipinski definition) is 3. The Bertz CT molecular complexity index is 704. The van der Waals surface area contributed by atoms with Crippen molar-refractivity contribution in [1.29, 1.82) is 0 Å². The molecule has 0 amide bonds. The average molecular weight is 277 g/mol. The van der Waals surface area contributed by atoms with E-state index in [4.69, 9.17) is 5.84 Å². The molecule has 0 radical (unpaired) electrons. The first-order valence-electron chi connectivity index (χ1n) is 7.21. The lowest BCUT2D eigenvalue weighted by Gasteiger charge is -2.18. The standard InChI is InChI=1S/C18H19N3/c19-21-18(10-9-14-5-2-1-3-6-14)16-8-4-7-15-11-12-20-13-17(15)16/h1-8,11-13,18,21H,9-10,19H2. The zero-order chi connectivity index (χ0) is 14.5. The number of rotatable bonds is 5. The monoisotopic (exact) mass is 277 g/mol. The van der Waals surface area contributed by atoms with Gasteiger partial charge in [-0.15, -0.1) is 0 Å². The summed E-state index contributed by atoms with van der Waals surface area (Å²) in [6, 6.07) is 18.9. The molecule has 3 heteroatoms. The number of nitrogens with two attached hydrogens (primary N) is 1. The molecular formula is C18H19N3. The number of pyridine rings is 1. The molecule has 0 bridgehead atoms. The number of hydrogen-bond donors (Lipinski definition) is 2. The quantitative estimate of drug-likeness (QED) is 0.555. The first kappa shape index (κ1) is 13.7. The van der Waals surface area contributed by atoms with Gasteiger partial charge in [0.15, 0.2) is 0 Å². The highest BCUT2D eigenvalue weighted by Gasteiger charge is 2.12. The SMILES string of the molecule is NNC(CCc1ccccc1)c1cccc2ccncc12. The summed E-state index contributed by atoms with van der Waals surface area (Å²) in [7, 11) is 0. The van der Waals surface area contributed by atoms with Crippen molar-refractivity contribution in [3.63, 3.8) is 0 Å². The van der Waals surface area contributed by atoms with E-state index >= 15 is 0 Å². The third-order valence-corrected chi connectivity index (χ3v) is 3.86. The van der Waals surface area contributed by atoms with Gasteiger partial charge < -0.3 is 0 Å². The van der Waals surface area contributed by atoms with Crippen molar-refractivity contribution >= 4 is 10.8 Å². The minimum absolute atomic E-state index is 0.123. The lowest BCUT2D eigenvalue weighted by molar-refractivity contribution is 0.519. The van der Waals surface area contributed by atoms with E-state index in [0.29, 0.717) is 0 Å². The normalized spacial score (nSPS) is 12.4. The fraction of sp³-hybridized carbons (Fsp3) is 0.167. The summed E-state index contributed by atoms with van der Waals surface area (Å²) in [5, 5.41) is 2.36. The van der Waals surface area contributed by atoms with Crippen LogP contribution in [0.1, 0.15) is 23.6 Å². The number of aryl methyl sites for hydroxylation is 1. The fourth-order valence-electron chi connectivity index (χ4n) is 2.73. The molecule has 2 aromatic carbocycles. The van der Waals surface area contributed by atoms with Gasteiger partial charge in [-0.1, -0.05) is 48.5 Å². The molecule has 3 rings (SSSR count). The number of nitrogens with zero attached hydrogens (tertiary/aromatic N) is 1. The molecule has 0 spiro atoms. The second-order valence-electron chi connectivity index (χ2n) is 5.19. The Morgan fingerprint density at radius 1 is 1.00 bits per heavy atom. The van der Waals surface area contributed by atoms with Gasteiger partial charge >= 0.3 is 0 Å². The number of nitrogens with one attached hydrogen (secondary N) is 1. The number of hydrazine groups is 1. The molecule has 21 heavy (non-hydrogen) atoms. The highest BCUT2D eigenvalue weighted by molar-refractivity contribution is 5.85. The van der Waals surface area contributed by atoms with E-state index in [1.54, 1.807) is 0 Å². The maximum atomic E-state index is 5.79. The molecule has 3 N–H and O–H groups in total. The summed E-state index contributed by atoms with van der Waals surface area (Å²) in [6.45, 7) is 0. The van der Waals surface area contributed by atoms with Gasteiger partial charge in [-0.25, -0.2) is 0 Å². The van der Waals surface area contributed by atoms with Crippen LogP contribution >= 0.6 is 0 Å². The van der Waals surface area contributed by atoms with Crippen molar-refractivity contribution in [1.82, 2.24) is 10.4 Å². The van der Waals surface area contributed by atoms with Crippen molar-refractivity contribution < 1.29 is 0 Å². The van der Waals surface area contributed by atoms with Gasteiger partial charge in [0.05, 0.1) is 0 Å². The van der Waals surface area contributed by atoms with Crippen molar-refractivity contribution in [2.75, 3.05) is 0 Å². The summed E-state index contributed by atoms with van der Waals surface area (Å²) in [4.78, 5) is 4.24. The fourth-order valence-corrected chi connectivity index (χ4v) is 2.73. The topological polar surface area (TPSA) is 50.9 Å². The van der Waals surface area contributed by atoms with Crippen LogP contribution in [0.25, 0.3) is 10.8 Å². The molecule has 1 aromatic heterocycles. The Balaban J connectivity index is 1.85. The van der Waals surface area contributed by atoms with Crippen LogP contribution in [0.2, 0.25) is 0 Å². The van der Waals surface area contributed by atoms with Gasteiger partial charge in [0.25, 0.3) is 0 Å². The van der Waals surface area contributed by atoms with Gasteiger partial charge in [-0.3, -0.25) is 16.3 Å². The minimum atomic E-state index is 0.123. The minimum Gasteiger partial charge on any atom is -0.271 e. The van der Waals surface area contributed by atoms with Crippen LogP contribution in [0.5, 0.6) is 0 Å². The predicted octanol–water partition coefficient (Wildman–Crippen LogP) is 3.37. The summed E-state index contributed by atoms with van der Waals surface area (Å²) in [5.41, 5.74) is 5.49. The van der Waals surface area contributed by atoms with Crippen molar-refractivity contribution in [3.05, 3.63) is 78.1 Å². The number of benzene rings is 2. The van der Waals surface area contributed by atoms with E-state index in [1.165, 1.54) is 16.5 Å². The summed E-state index contributed by atoms with van der Waals surface area (Å²) in [6.07, 6.45) is 5.68. The van der Waals surface area contributed by atoms with Crippen LogP contribution in [0.3, 0.4) is 0 Å². The van der Waals surface area contributed by atoms with Crippen LogP contribution < -0.4 is 11.3 Å². The largest absolute Gasteiger partial charge is 0.271 e. The van der Waals surface area contributed by atoms with Gasteiger partial charge in [0.1, 0.15) is 0 Å². The highest BCUT2D eigenvalue weighted by Crippen LogP contribution is 2.26. The van der Waals surface area contributed by atoms with Gasteiger partial charge in [-0.05, 0) is 35.4 Å². The molecule has 3 aromatic rings. The molecule has 1 atom stereocenters. The maximum Gasteiger partial charge on any atom is 0.0469 e. The first-order chi connectivity index (χ1) is 10.4. The van der Waals surface area contributed by atoms with Gasteiger partial charge in [-0.2, -0.15) is 0 Å². The van der Waals surface area contributed by atoms with E-state index in [0.717, 1.165) is 18.2 Å². The summed E-state index contributed by atoms with van der Waals surface area (Å²) >= 11 is 0. The zero-order valence-electron chi connectivity index (χ0n) is 11.9. The second-order valence-corrected chi connectivity index (χ2v) is 5.19. The highest BCUT2D eigenvalue weighted by atomic mass is 15.2. The van der Waals surface area contributed by atoms with Gasteiger partial charge in [0.2, 0.25) is 0 Å².